The fourth-order valence-electron chi connectivity index (χ4n) is 3.92. The van der Waals surface area contributed by atoms with Crippen molar-refractivity contribution in [2.45, 2.75) is 58.2 Å². The lowest BCUT2D eigenvalue weighted by atomic mass is 10.0. The topological polar surface area (TPSA) is 98.1 Å². The van der Waals surface area contributed by atoms with Crippen LogP contribution in [0.25, 0.3) is 22.4 Å². The van der Waals surface area contributed by atoms with E-state index >= 15 is 0 Å². The molecule has 9 nitrogen and oxygen atoms in total. The summed E-state index contributed by atoms with van der Waals surface area (Å²) in [6.45, 7) is 11.2. The molecule has 10 heteroatoms. The maximum Gasteiger partial charge on any atom is 0.219 e. The van der Waals surface area contributed by atoms with Crippen molar-refractivity contribution >= 4 is 31.0 Å². The van der Waals surface area contributed by atoms with Crippen LogP contribution in [0, 0.1) is 0 Å². The van der Waals surface area contributed by atoms with Crippen LogP contribution in [-0.2, 0) is 16.3 Å². The number of nitrogens with zero attached hydrogens (tertiary/aromatic N) is 6. The van der Waals surface area contributed by atoms with Crippen molar-refractivity contribution < 1.29 is 9.53 Å². The number of piperidine rings is 1. The number of nitrogens with one attached hydrogen (secondary N) is 1. The maximum atomic E-state index is 11.8. The molecule has 0 radical (unpaired) electrons. The highest BCUT2D eigenvalue weighted by Gasteiger charge is 2.23. The molecule has 1 N–H and O–H groups in total. The summed E-state index contributed by atoms with van der Waals surface area (Å²) >= 11 is 0. The lowest BCUT2D eigenvalue weighted by molar-refractivity contribution is -0.129. The smallest absolute Gasteiger partial charge is 0.219 e. The van der Waals surface area contributed by atoms with Gasteiger partial charge in [-0.2, -0.15) is 5.10 Å². The number of aromatic nitrogens is 5. The first kappa shape index (κ1) is 23.3. The zero-order valence-electron chi connectivity index (χ0n) is 19.9. The Bertz CT molecular complexity index is 1110. The number of amides is 1. The van der Waals surface area contributed by atoms with E-state index in [0.29, 0.717) is 18.9 Å². The van der Waals surface area contributed by atoms with Crippen LogP contribution in [0.2, 0.25) is 25.7 Å². The minimum Gasteiger partial charge on any atom is -0.365 e. The largest absolute Gasteiger partial charge is 0.365 e. The van der Waals surface area contributed by atoms with E-state index in [4.69, 9.17) is 9.72 Å². The van der Waals surface area contributed by atoms with Gasteiger partial charge in [-0.05, 0) is 31.0 Å². The van der Waals surface area contributed by atoms with Crippen molar-refractivity contribution in [3.63, 3.8) is 0 Å². The van der Waals surface area contributed by atoms with E-state index in [1.165, 1.54) is 0 Å². The molecule has 1 amide bonds. The van der Waals surface area contributed by atoms with E-state index in [9.17, 15) is 4.79 Å². The van der Waals surface area contributed by atoms with E-state index in [1.54, 1.807) is 30.2 Å². The first-order chi connectivity index (χ1) is 15.8. The Morgan fingerprint density at radius 1 is 1.27 bits per heavy atom. The van der Waals surface area contributed by atoms with E-state index in [0.717, 1.165) is 54.6 Å². The summed E-state index contributed by atoms with van der Waals surface area (Å²) in [4.78, 5) is 27.6. The molecule has 0 saturated carbocycles. The van der Waals surface area contributed by atoms with Crippen molar-refractivity contribution in [1.82, 2.24) is 29.6 Å². The Kier molecular flexibility index (Phi) is 7.04. The molecule has 0 aliphatic carbocycles. The summed E-state index contributed by atoms with van der Waals surface area (Å²) in [6, 6.07) is 5.15. The van der Waals surface area contributed by atoms with Crippen LogP contribution < -0.4 is 5.32 Å². The molecule has 0 aromatic carbocycles. The first-order valence-electron chi connectivity index (χ1n) is 11.5. The quantitative estimate of drug-likeness (QED) is 0.399. The Morgan fingerprint density at radius 2 is 2.12 bits per heavy atom. The molecule has 3 aromatic rings. The number of fused-ring (bicyclic) bond motifs is 1. The molecule has 0 spiro atoms. The predicted molar refractivity (Wildman–Crippen MR) is 132 cm³/mol. The third-order valence-electron chi connectivity index (χ3n) is 5.84. The van der Waals surface area contributed by atoms with Gasteiger partial charge in [0.1, 0.15) is 18.1 Å². The van der Waals surface area contributed by atoms with Gasteiger partial charge in [0.15, 0.2) is 5.65 Å². The Hall–Kier alpha value is -2.85. The van der Waals surface area contributed by atoms with Gasteiger partial charge in [-0.25, -0.2) is 19.6 Å². The normalized spacial score (nSPS) is 16.8. The Morgan fingerprint density at radius 3 is 2.91 bits per heavy atom. The van der Waals surface area contributed by atoms with Gasteiger partial charge in [-0.1, -0.05) is 19.6 Å². The third kappa shape index (κ3) is 5.94. The van der Waals surface area contributed by atoms with Gasteiger partial charge in [0.25, 0.3) is 0 Å². The summed E-state index contributed by atoms with van der Waals surface area (Å²) in [5.41, 5.74) is 3.04. The highest BCUT2D eigenvalue weighted by Crippen LogP contribution is 2.27. The average Bonchev–Trinajstić information content (AvgIpc) is 3.19. The fraction of sp³-hybridized carbons (Fsp3) is 0.522. The zero-order chi connectivity index (χ0) is 23.4. The number of rotatable bonds is 8. The summed E-state index contributed by atoms with van der Waals surface area (Å²) in [5, 5.41) is 7.94. The number of carbonyl (C=O) groups excluding carboxylic acids is 1. The van der Waals surface area contributed by atoms with Gasteiger partial charge < -0.3 is 15.0 Å². The Balaban J connectivity index is 1.49. The molecule has 4 rings (SSSR count). The van der Waals surface area contributed by atoms with Gasteiger partial charge in [0.05, 0.1) is 18.1 Å². The van der Waals surface area contributed by atoms with Crippen molar-refractivity contribution in [1.29, 1.82) is 0 Å². The van der Waals surface area contributed by atoms with Gasteiger partial charge >= 0.3 is 0 Å². The van der Waals surface area contributed by atoms with E-state index < -0.39 is 8.07 Å². The van der Waals surface area contributed by atoms with Gasteiger partial charge in [-0.3, -0.25) is 4.79 Å². The number of pyridine rings is 1. The van der Waals surface area contributed by atoms with Crippen molar-refractivity contribution in [3.05, 3.63) is 30.7 Å². The molecule has 4 heterocycles. The predicted octanol–water partition coefficient (Wildman–Crippen LogP) is 3.62. The van der Waals surface area contributed by atoms with Gasteiger partial charge in [0, 0.05) is 52.5 Å². The molecule has 1 atom stereocenters. The molecule has 1 aliphatic heterocycles. The van der Waals surface area contributed by atoms with Crippen LogP contribution in [0.4, 0.5) is 5.82 Å². The first-order valence-corrected chi connectivity index (χ1v) is 15.2. The minimum atomic E-state index is -1.12. The number of anilines is 1. The second-order valence-electron chi connectivity index (χ2n) is 9.80. The van der Waals surface area contributed by atoms with Gasteiger partial charge in [-0.15, -0.1) is 0 Å². The maximum absolute atomic E-state index is 11.8. The van der Waals surface area contributed by atoms with Crippen LogP contribution in [0.1, 0.15) is 19.8 Å². The average molecular weight is 468 g/mol. The summed E-state index contributed by atoms with van der Waals surface area (Å²) in [7, 11) is -1.12. The molecule has 1 aliphatic rings. The monoisotopic (exact) mass is 467 g/mol. The van der Waals surface area contributed by atoms with Crippen molar-refractivity contribution in [2.24, 2.45) is 0 Å². The second-order valence-corrected chi connectivity index (χ2v) is 15.4. The minimum absolute atomic E-state index is 0.112. The molecule has 0 bridgehead atoms. The highest BCUT2D eigenvalue weighted by molar-refractivity contribution is 6.76. The van der Waals surface area contributed by atoms with E-state index in [2.05, 4.69) is 40.0 Å². The third-order valence-corrected chi connectivity index (χ3v) is 7.55. The lowest BCUT2D eigenvalue weighted by Crippen LogP contribution is -2.44. The summed E-state index contributed by atoms with van der Waals surface area (Å²) in [5.74, 6) is 0.865. The number of ether oxygens (including phenoxy) is 1. The Labute approximate surface area is 195 Å². The number of likely N-dealkylation sites (tertiary alicyclic amines) is 1. The molecule has 1 saturated heterocycles. The van der Waals surface area contributed by atoms with Crippen LogP contribution >= 0.6 is 0 Å². The summed E-state index contributed by atoms with van der Waals surface area (Å²) < 4.78 is 7.57. The highest BCUT2D eigenvalue weighted by atomic mass is 28.3. The SMILES string of the molecule is CC(=O)N1CCC[C@H](Nc2ncccc2-c2cnc3c(cnn3COCC[Si](C)(C)C)n2)C1. The second kappa shape index (κ2) is 9.96. The number of hydrogen-bond donors (Lipinski definition) is 1. The number of hydrogen-bond acceptors (Lipinski definition) is 7. The summed E-state index contributed by atoms with van der Waals surface area (Å²) in [6.07, 6.45) is 7.22. The van der Waals surface area contributed by atoms with E-state index in [-0.39, 0.29) is 11.9 Å². The molecule has 176 valence electrons. The standard InChI is InChI=1S/C23H33N7O2Si/c1-17(31)29-10-6-7-18(15-29)27-22-19(8-5-9-24-22)20-13-25-23-21(28-20)14-26-30(23)16-32-11-12-33(2,3)4/h5,8-9,13-14,18H,6-7,10-12,15-16H2,1-4H3,(H,24,27)/t18-/m0/s1. The van der Waals surface area contributed by atoms with Crippen LogP contribution in [0.5, 0.6) is 0 Å². The van der Waals surface area contributed by atoms with Crippen molar-refractivity contribution in [2.75, 3.05) is 25.0 Å². The van der Waals surface area contributed by atoms with Crippen molar-refractivity contribution in [3.8, 4) is 11.3 Å². The van der Waals surface area contributed by atoms with Gasteiger partial charge in [0.2, 0.25) is 5.91 Å². The molecule has 1 fully saturated rings. The number of carbonyl (C=O) groups is 1. The molecule has 33 heavy (non-hydrogen) atoms. The van der Waals surface area contributed by atoms with Crippen LogP contribution in [-0.4, -0.2) is 69.4 Å². The molecular formula is C23H33N7O2Si. The molecule has 0 unspecified atom stereocenters. The molecular weight excluding hydrogens is 434 g/mol. The zero-order valence-corrected chi connectivity index (χ0v) is 20.9. The molecule has 3 aromatic heterocycles. The van der Waals surface area contributed by atoms with E-state index in [1.807, 2.05) is 17.0 Å². The fourth-order valence-corrected chi connectivity index (χ4v) is 4.67. The van der Waals surface area contributed by atoms with Crippen LogP contribution in [0.3, 0.4) is 0 Å². The lowest BCUT2D eigenvalue weighted by Gasteiger charge is -2.33. The van der Waals surface area contributed by atoms with Crippen LogP contribution in [0.15, 0.2) is 30.7 Å².